The second-order valence-electron chi connectivity index (χ2n) is 6.39. The molecule has 1 aromatic heterocycles. The smallest absolute Gasteiger partial charge is 0.326 e. The maximum absolute atomic E-state index is 12.5. The Kier molecular flexibility index (Phi) is 10.6. The summed E-state index contributed by atoms with van der Waals surface area (Å²) in [6.07, 6.45) is 4.82. The van der Waals surface area contributed by atoms with Gasteiger partial charge >= 0.3 is 5.97 Å². The molecule has 0 radical (unpaired) electrons. The van der Waals surface area contributed by atoms with Gasteiger partial charge in [0.15, 0.2) is 0 Å². The fraction of sp³-hybridized carbons (Fsp3) is 0.250. The molecule has 0 aliphatic carbocycles. The minimum absolute atomic E-state index is 0. The number of hydrogen-bond acceptors (Lipinski definition) is 4. The second-order valence-corrected chi connectivity index (χ2v) is 7.20. The number of pyridine rings is 1. The summed E-state index contributed by atoms with van der Waals surface area (Å²) >= 11 is 12.0. The monoisotopic (exact) mass is 491 g/mol. The minimum atomic E-state index is -1.16. The number of nitrogens with one attached hydrogen (secondary N) is 2. The summed E-state index contributed by atoms with van der Waals surface area (Å²) in [6, 6.07) is 7.20. The normalized spacial score (nSPS) is 13.9. The van der Waals surface area contributed by atoms with E-state index < -0.39 is 17.9 Å². The number of rotatable bonds is 6. The summed E-state index contributed by atoms with van der Waals surface area (Å²) in [6.45, 7) is 1.75. The van der Waals surface area contributed by atoms with Gasteiger partial charge in [-0.25, -0.2) is 4.79 Å². The number of nitrogens with zero attached hydrogens (tertiary/aromatic N) is 1. The van der Waals surface area contributed by atoms with Gasteiger partial charge in [0.05, 0.1) is 15.6 Å². The number of carboxylic acids is 1. The second kappa shape index (κ2) is 12.1. The predicted molar refractivity (Wildman–Crippen MR) is 123 cm³/mol. The van der Waals surface area contributed by atoms with E-state index in [1.807, 2.05) is 6.07 Å². The van der Waals surface area contributed by atoms with Crippen molar-refractivity contribution in [1.29, 1.82) is 0 Å². The maximum Gasteiger partial charge on any atom is 0.326 e. The van der Waals surface area contributed by atoms with E-state index in [9.17, 15) is 14.7 Å². The van der Waals surface area contributed by atoms with Crippen LogP contribution < -0.4 is 10.6 Å². The van der Waals surface area contributed by atoms with Crippen molar-refractivity contribution < 1.29 is 14.7 Å². The van der Waals surface area contributed by atoms with Crippen molar-refractivity contribution in [2.75, 3.05) is 13.1 Å². The molecule has 1 atom stereocenters. The topological polar surface area (TPSA) is 91.3 Å². The van der Waals surface area contributed by atoms with Crippen LogP contribution in [0.1, 0.15) is 28.0 Å². The molecule has 1 aromatic carbocycles. The Morgan fingerprint density at radius 3 is 2.40 bits per heavy atom. The molecule has 1 amide bonds. The molecule has 30 heavy (non-hydrogen) atoms. The van der Waals surface area contributed by atoms with Crippen LogP contribution in [-0.2, 0) is 11.2 Å². The lowest BCUT2D eigenvalue weighted by Gasteiger charge is -2.16. The van der Waals surface area contributed by atoms with Gasteiger partial charge in [-0.15, -0.1) is 24.8 Å². The van der Waals surface area contributed by atoms with E-state index in [0.29, 0.717) is 5.69 Å². The summed E-state index contributed by atoms with van der Waals surface area (Å²) in [5.74, 6) is -1.80. The Labute approximate surface area is 196 Å². The van der Waals surface area contributed by atoms with Gasteiger partial charge in [-0.05, 0) is 42.3 Å². The zero-order valence-electron chi connectivity index (χ0n) is 15.7. The van der Waals surface area contributed by atoms with Crippen LogP contribution in [0.5, 0.6) is 0 Å². The zero-order chi connectivity index (χ0) is 20.1. The van der Waals surface area contributed by atoms with Crippen LogP contribution in [-0.4, -0.2) is 41.1 Å². The maximum atomic E-state index is 12.5. The number of halogens is 4. The van der Waals surface area contributed by atoms with Crippen molar-refractivity contribution in [3.8, 4) is 0 Å². The molecule has 6 nitrogen and oxygen atoms in total. The average molecular weight is 493 g/mol. The van der Waals surface area contributed by atoms with E-state index >= 15 is 0 Å². The van der Waals surface area contributed by atoms with Crippen LogP contribution in [0.15, 0.2) is 42.6 Å². The number of carbonyl (C=O) groups excluding carboxylic acids is 1. The van der Waals surface area contributed by atoms with Gasteiger partial charge in [-0.2, -0.15) is 0 Å². The van der Waals surface area contributed by atoms with Crippen molar-refractivity contribution in [2.24, 2.45) is 0 Å². The molecular weight excluding hydrogens is 472 g/mol. The highest BCUT2D eigenvalue weighted by molar-refractivity contribution is 6.39. The van der Waals surface area contributed by atoms with E-state index in [4.69, 9.17) is 23.2 Å². The molecule has 0 spiro atoms. The molecule has 0 saturated heterocycles. The number of carboxylic acid groups (broad SMARTS) is 1. The van der Waals surface area contributed by atoms with Gasteiger partial charge in [0.1, 0.15) is 6.04 Å². The predicted octanol–water partition coefficient (Wildman–Crippen LogP) is 4.03. The number of aromatic nitrogens is 1. The first-order valence-electron chi connectivity index (χ1n) is 8.78. The number of benzene rings is 1. The van der Waals surface area contributed by atoms with Crippen molar-refractivity contribution >= 4 is 65.5 Å². The fourth-order valence-corrected chi connectivity index (χ4v) is 3.54. The highest BCUT2D eigenvalue weighted by Gasteiger charge is 2.24. The highest BCUT2D eigenvalue weighted by atomic mass is 35.5. The van der Waals surface area contributed by atoms with Gasteiger partial charge in [0.25, 0.3) is 5.91 Å². The first-order valence-corrected chi connectivity index (χ1v) is 9.54. The Balaban J connectivity index is 0.00000225. The van der Waals surface area contributed by atoms with Gasteiger partial charge in [-0.3, -0.25) is 9.78 Å². The molecular formula is C20H21Cl4N3O3. The molecule has 162 valence electrons. The molecule has 2 heterocycles. The molecule has 0 saturated carbocycles. The lowest BCUT2D eigenvalue weighted by molar-refractivity contribution is -0.139. The lowest BCUT2D eigenvalue weighted by atomic mass is 10.0. The number of carbonyl (C=O) groups is 2. The third-order valence-corrected chi connectivity index (χ3v) is 5.10. The molecule has 1 aliphatic heterocycles. The largest absolute Gasteiger partial charge is 0.480 e. The summed E-state index contributed by atoms with van der Waals surface area (Å²) in [4.78, 5) is 28.5. The Morgan fingerprint density at radius 1 is 1.17 bits per heavy atom. The van der Waals surface area contributed by atoms with Crippen LogP contribution in [0.4, 0.5) is 0 Å². The van der Waals surface area contributed by atoms with E-state index in [-0.39, 0.29) is 46.8 Å². The third kappa shape index (κ3) is 6.59. The Hall–Kier alpha value is -1.83. The van der Waals surface area contributed by atoms with Crippen molar-refractivity contribution in [1.82, 2.24) is 15.6 Å². The third-order valence-electron chi connectivity index (χ3n) is 4.47. The molecule has 0 fully saturated rings. The Morgan fingerprint density at radius 2 is 1.87 bits per heavy atom. The summed E-state index contributed by atoms with van der Waals surface area (Å²) in [7, 11) is 0. The summed E-state index contributed by atoms with van der Waals surface area (Å²) in [5.41, 5.74) is 2.85. The van der Waals surface area contributed by atoms with E-state index in [2.05, 4.69) is 21.7 Å². The van der Waals surface area contributed by atoms with E-state index in [1.54, 1.807) is 18.3 Å². The molecule has 0 unspecified atom stereocenters. The highest BCUT2D eigenvalue weighted by Crippen LogP contribution is 2.24. The lowest BCUT2D eigenvalue weighted by Crippen LogP contribution is -2.42. The molecule has 3 rings (SSSR count). The summed E-state index contributed by atoms with van der Waals surface area (Å²) < 4.78 is 0. The fourth-order valence-electron chi connectivity index (χ4n) is 2.97. The number of amides is 1. The molecule has 10 heteroatoms. The zero-order valence-corrected chi connectivity index (χ0v) is 18.9. The van der Waals surface area contributed by atoms with Crippen molar-refractivity contribution in [2.45, 2.75) is 18.9 Å². The number of aliphatic carboxylic acids is 1. The Bertz CT molecular complexity index is 900. The van der Waals surface area contributed by atoms with E-state index in [1.165, 1.54) is 17.7 Å². The first-order chi connectivity index (χ1) is 13.5. The van der Waals surface area contributed by atoms with Crippen LogP contribution in [0.2, 0.25) is 10.0 Å². The van der Waals surface area contributed by atoms with Crippen LogP contribution in [0, 0.1) is 0 Å². The number of hydrogen-bond donors (Lipinski definition) is 3. The average Bonchev–Trinajstić information content (AvgIpc) is 2.68. The molecule has 0 bridgehead atoms. The first kappa shape index (κ1) is 26.2. The minimum Gasteiger partial charge on any atom is -0.480 e. The van der Waals surface area contributed by atoms with Crippen molar-refractivity contribution in [3.63, 3.8) is 0 Å². The van der Waals surface area contributed by atoms with E-state index in [0.717, 1.165) is 25.1 Å². The van der Waals surface area contributed by atoms with Gasteiger partial charge < -0.3 is 15.7 Å². The van der Waals surface area contributed by atoms with Crippen molar-refractivity contribution in [3.05, 3.63) is 69.5 Å². The van der Waals surface area contributed by atoms with Crippen LogP contribution in [0.25, 0.3) is 5.57 Å². The standard InChI is InChI=1S/C20H19Cl2N3O3.2ClH/c21-15-2-1-3-16(22)18(15)19(26)25-17(20(27)28)10-14-5-4-13(11-24-14)12-6-8-23-9-7-12;;/h1-6,11,17,23H,7-10H2,(H,25,26)(H,27,28);2*1H/t17-;;/m0../s1. The molecule has 2 aromatic rings. The molecule has 3 N–H and O–H groups in total. The van der Waals surface area contributed by atoms with Crippen LogP contribution >= 0.6 is 48.0 Å². The van der Waals surface area contributed by atoms with Gasteiger partial charge in [-0.1, -0.05) is 41.4 Å². The summed E-state index contributed by atoms with van der Waals surface area (Å²) in [5, 5.41) is 15.5. The molecule has 1 aliphatic rings. The van der Waals surface area contributed by atoms with Crippen LogP contribution in [0.3, 0.4) is 0 Å². The van der Waals surface area contributed by atoms with Gasteiger partial charge in [0.2, 0.25) is 0 Å². The quantitative estimate of drug-likeness (QED) is 0.566. The SMILES string of the molecule is Cl.Cl.O=C(N[C@@H](Cc1ccc(C2=CCNCC2)cn1)C(=O)O)c1c(Cl)cccc1Cl. The van der Waals surface area contributed by atoms with Gasteiger partial charge in [0, 0.05) is 24.9 Å².